The molecule has 0 heterocycles. The molecule has 1 unspecified atom stereocenters. The van der Waals surface area contributed by atoms with Crippen molar-refractivity contribution in [1.82, 2.24) is 5.48 Å². The van der Waals surface area contributed by atoms with Gasteiger partial charge in [-0.1, -0.05) is 31.5 Å². The first-order chi connectivity index (χ1) is 8.58. The minimum absolute atomic E-state index is 0.193. The Morgan fingerprint density at radius 1 is 1.33 bits per heavy atom. The zero-order valence-corrected chi connectivity index (χ0v) is 11.5. The summed E-state index contributed by atoms with van der Waals surface area (Å²) < 4.78 is 5.40. The van der Waals surface area contributed by atoms with E-state index in [9.17, 15) is 5.11 Å². The molecule has 4 nitrogen and oxygen atoms in total. The van der Waals surface area contributed by atoms with E-state index in [1.54, 1.807) is 24.3 Å². The Hall–Kier alpha value is -0.810. The van der Waals surface area contributed by atoms with Crippen molar-refractivity contribution in [2.45, 2.75) is 20.0 Å². The molecule has 5 heteroatoms. The Labute approximate surface area is 113 Å². The van der Waals surface area contributed by atoms with Gasteiger partial charge in [-0.25, -0.2) is 0 Å². The molecule has 0 amide bonds. The number of ether oxygens (including phenoxy) is 1. The van der Waals surface area contributed by atoms with Crippen LogP contribution in [0.4, 0.5) is 0 Å². The van der Waals surface area contributed by atoms with Crippen LogP contribution in [0, 0.1) is 5.92 Å². The Balaban J connectivity index is 2.15. The van der Waals surface area contributed by atoms with Gasteiger partial charge in [0.05, 0.1) is 13.2 Å². The lowest BCUT2D eigenvalue weighted by Gasteiger charge is -2.14. The van der Waals surface area contributed by atoms with Crippen molar-refractivity contribution in [2.75, 3.05) is 19.8 Å². The molecule has 1 aromatic rings. The van der Waals surface area contributed by atoms with E-state index in [0.29, 0.717) is 29.8 Å². The highest BCUT2D eigenvalue weighted by Gasteiger charge is 2.05. The summed E-state index contributed by atoms with van der Waals surface area (Å²) in [6.45, 7) is 5.24. The van der Waals surface area contributed by atoms with Gasteiger partial charge in [0, 0.05) is 5.02 Å². The van der Waals surface area contributed by atoms with Crippen LogP contribution in [0.3, 0.4) is 0 Å². The van der Waals surface area contributed by atoms with E-state index in [0.717, 1.165) is 0 Å². The molecule has 1 atom stereocenters. The lowest BCUT2D eigenvalue weighted by Crippen LogP contribution is -2.32. The van der Waals surface area contributed by atoms with Gasteiger partial charge in [-0.3, -0.25) is 0 Å². The molecule has 0 bridgehead atoms. The van der Waals surface area contributed by atoms with Gasteiger partial charge in [-0.15, -0.1) is 0 Å². The standard InChI is InChI=1S/C13H20ClNO3/c1-10(2)8-18-15-7-12(16)9-17-13-5-3-4-11(14)6-13/h3-6,10,12,15-16H,7-9H2,1-2H3. The fourth-order valence-corrected chi connectivity index (χ4v) is 1.37. The number of halogens is 1. The van der Waals surface area contributed by atoms with Crippen molar-refractivity contribution >= 4 is 11.6 Å². The molecular weight excluding hydrogens is 254 g/mol. The van der Waals surface area contributed by atoms with Gasteiger partial charge in [0.1, 0.15) is 18.5 Å². The second-order valence-corrected chi connectivity index (χ2v) is 4.91. The zero-order chi connectivity index (χ0) is 13.4. The summed E-state index contributed by atoms with van der Waals surface area (Å²) in [6.07, 6.45) is -0.629. The third kappa shape index (κ3) is 6.81. The van der Waals surface area contributed by atoms with Crippen LogP contribution in [-0.2, 0) is 4.84 Å². The maximum atomic E-state index is 9.64. The highest BCUT2D eigenvalue weighted by atomic mass is 35.5. The van der Waals surface area contributed by atoms with E-state index in [1.807, 2.05) is 0 Å². The van der Waals surface area contributed by atoms with Crippen molar-refractivity contribution in [1.29, 1.82) is 0 Å². The van der Waals surface area contributed by atoms with Gasteiger partial charge < -0.3 is 14.7 Å². The molecule has 18 heavy (non-hydrogen) atoms. The lowest BCUT2D eigenvalue weighted by molar-refractivity contribution is -0.00773. The number of hydroxylamine groups is 1. The third-order valence-electron chi connectivity index (χ3n) is 2.08. The van der Waals surface area contributed by atoms with Gasteiger partial charge in [-0.05, 0) is 24.1 Å². The van der Waals surface area contributed by atoms with Crippen LogP contribution in [0.1, 0.15) is 13.8 Å². The molecule has 0 fully saturated rings. The van der Waals surface area contributed by atoms with Crippen LogP contribution in [0.25, 0.3) is 0 Å². The predicted octanol–water partition coefficient (Wildman–Crippen LogP) is 2.26. The van der Waals surface area contributed by atoms with Crippen molar-refractivity contribution < 1.29 is 14.7 Å². The molecular formula is C13H20ClNO3. The zero-order valence-electron chi connectivity index (χ0n) is 10.7. The first kappa shape index (κ1) is 15.2. The Morgan fingerprint density at radius 2 is 2.11 bits per heavy atom. The molecule has 0 saturated carbocycles. The van der Waals surface area contributed by atoms with Crippen molar-refractivity contribution in [3.05, 3.63) is 29.3 Å². The van der Waals surface area contributed by atoms with E-state index in [2.05, 4.69) is 19.3 Å². The van der Waals surface area contributed by atoms with Crippen LogP contribution in [-0.4, -0.2) is 31.0 Å². The van der Waals surface area contributed by atoms with Gasteiger partial charge in [0.15, 0.2) is 0 Å². The highest BCUT2D eigenvalue weighted by molar-refractivity contribution is 6.30. The second kappa shape index (κ2) is 8.32. The molecule has 0 radical (unpaired) electrons. The Kier molecular flexibility index (Phi) is 7.05. The summed E-state index contributed by atoms with van der Waals surface area (Å²) in [7, 11) is 0. The lowest BCUT2D eigenvalue weighted by atomic mass is 10.2. The molecule has 0 aliphatic rings. The normalized spacial score (nSPS) is 12.7. The summed E-state index contributed by atoms with van der Waals surface area (Å²) in [5.41, 5.74) is 2.71. The fraction of sp³-hybridized carbons (Fsp3) is 0.538. The number of benzene rings is 1. The summed E-state index contributed by atoms with van der Waals surface area (Å²) in [5, 5.41) is 10.3. The molecule has 0 spiro atoms. The van der Waals surface area contributed by atoms with E-state index < -0.39 is 6.10 Å². The topological polar surface area (TPSA) is 50.7 Å². The second-order valence-electron chi connectivity index (χ2n) is 4.48. The first-order valence-corrected chi connectivity index (χ1v) is 6.37. The van der Waals surface area contributed by atoms with Crippen molar-refractivity contribution in [3.63, 3.8) is 0 Å². The van der Waals surface area contributed by atoms with Crippen molar-refractivity contribution in [2.24, 2.45) is 5.92 Å². The number of rotatable bonds is 8. The van der Waals surface area contributed by atoms with Crippen LogP contribution < -0.4 is 10.2 Å². The summed E-state index contributed by atoms with van der Waals surface area (Å²) in [6, 6.07) is 7.07. The van der Waals surface area contributed by atoms with Crippen LogP contribution in [0.2, 0.25) is 5.02 Å². The molecule has 0 saturated heterocycles. The first-order valence-electron chi connectivity index (χ1n) is 5.99. The minimum atomic E-state index is -0.629. The number of hydrogen-bond acceptors (Lipinski definition) is 4. The molecule has 0 aliphatic heterocycles. The summed E-state index contributed by atoms with van der Waals surface area (Å²) >= 11 is 5.82. The smallest absolute Gasteiger partial charge is 0.120 e. The average molecular weight is 274 g/mol. The third-order valence-corrected chi connectivity index (χ3v) is 2.31. The molecule has 1 aromatic carbocycles. The summed E-state index contributed by atoms with van der Waals surface area (Å²) in [5.74, 6) is 1.10. The van der Waals surface area contributed by atoms with Crippen molar-refractivity contribution in [3.8, 4) is 5.75 Å². The fourth-order valence-electron chi connectivity index (χ4n) is 1.19. The minimum Gasteiger partial charge on any atom is -0.491 e. The quantitative estimate of drug-likeness (QED) is 0.563. The number of hydrogen-bond donors (Lipinski definition) is 2. The molecule has 0 aromatic heterocycles. The van der Waals surface area contributed by atoms with E-state index in [-0.39, 0.29) is 6.61 Å². The largest absolute Gasteiger partial charge is 0.491 e. The van der Waals surface area contributed by atoms with Gasteiger partial charge in [-0.2, -0.15) is 5.48 Å². The van der Waals surface area contributed by atoms with E-state index in [4.69, 9.17) is 21.2 Å². The number of aliphatic hydroxyl groups is 1. The molecule has 1 rings (SSSR count). The summed E-state index contributed by atoms with van der Waals surface area (Å²) in [4.78, 5) is 5.15. The molecule has 2 N–H and O–H groups in total. The van der Waals surface area contributed by atoms with E-state index in [1.165, 1.54) is 0 Å². The van der Waals surface area contributed by atoms with E-state index >= 15 is 0 Å². The number of nitrogens with one attached hydrogen (secondary N) is 1. The maximum Gasteiger partial charge on any atom is 0.120 e. The van der Waals surface area contributed by atoms with Gasteiger partial charge in [0.25, 0.3) is 0 Å². The average Bonchev–Trinajstić information content (AvgIpc) is 2.32. The molecule has 102 valence electrons. The van der Waals surface area contributed by atoms with Crippen LogP contribution >= 0.6 is 11.6 Å². The predicted molar refractivity (Wildman–Crippen MR) is 71.7 cm³/mol. The Bertz CT molecular complexity index is 347. The Morgan fingerprint density at radius 3 is 2.78 bits per heavy atom. The van der Waals surface area contributed by atoms with Crippen LogP contribution in [0.15, 0.2) is 24.3 Å². The molecule has 0 aliphatic carbocycles. The van der Waals surface area contributed by atoms with Crippen LogP contribution in [0.5, 0.6) is 5.75 Å². The SMILES string of the molecule is CC(C)CONCC(O)COc1cccc(Cl)c1. The maximum absolute atomic E-state index is 9.64. The monoisotopic (exact) mass is 273 g/mol. The highest BCUT2D eigenvalue weighted by Crippen LogP contribution is 2.17. The number of aliphatic hydroxyl groups excluding tert-OH is 1. The van der Waals surface area contributed by atoms with Gasteiger partial charge >= 0.3 is 0 Å². The van der Waals surface area contributed by atoms with Gasteiger partial charge in [0.2, 0.25) is 0 Å².